The Morgan fingerprint density at radius 3 is 2.65 bits per heavy atom. The maximum Gasteiger partial charge on any atom is 0.247 e. The molecule has 0 aromatic heterocycles. The third-order valence-electron chi connectivity index (χ3n) is 2.52. The molecule has 0 fully saturated rings. The van der Waals surface area contributed by atoms with Gasteiger partial charge in [-0.25, -0.2) is 0 Å². The minimum atomic E-state index is -0.181. The summed E-state index contributed by atoms with van der Waals surface area (Å²) in [5.74, 6) is -0.181. The number of carbonyl (C=O) groups excluding carboxylic acids is 1. The van der Waals surface area contributed by atoms with E-state index in [1.807, 2.05) is 12.1 Å². The lowest BCUT2D eigenvalue weighted by Gasteiger charge is -2.22. The van der Waals surface area contributed by atoms with E-state index in [9.17, 15) is 4.79 Å². The Bertz CT molecular complexity index is 414. The summed E-state index contributed by atoms with van der Waals surface area (Å²) in [6, 6.07) is 6.07. The van der Waals surface area contributed by atoms with E-state index in [1.165, 1.54) is 6.08 Å². The van der Waals surface area contributed by atoms with Crippen molar-refractivity contribution in [2.24, 2.45) is 0 Å². The molecule has 4 heteroatoms. The van der Waals surface area contributed by atoms with Gasteiger partial charge in [0.25, 0.3) is 0 Å². The molecule has 1 aromatic carbocycles. The van der Waals surface area contributed by atoms with E-state index in [0.29, 0.717) is 0 Å². The molecule has 1 aromatic rings. The molecule has 0 saturated carbocycles. The molecule has 92 valence electrons. The van der Waals surface area contributed by atoms with Gasteiger partial charge in [-0.2, -0.15) is 0 Å². The van der Waals surface area contributed by atoms with Crippen LogP contribution >= 0.6 is 22.6 Å². The first-order chi connectivity index (χ1) is 8.12. The van der Waals surface area contributed by atoms with Crippen LogP contribution in [0.15, 0.2) is 30.9 Å². The largest absolute Gasteiger partial charge is 0.372 e. The fourth-order valence-corrected chi connectivity index (χ4v) is 2.05. The van der Waals surface area contributed by atoms with Crippen LogP contribution in [0.1, 0.15) is 13.8 Å². The topological polar surface area (TPSA) is 32.3 Å². The van der Waals surface area contributed by atoms with Crippen molar-refractivity contribution in [3.05, 3.63) is 34.4 Å². The Morgan fingerprint density at radius 1 is 1.47 bits per heavy atom. The second-order valence-corrected chi connectivity index (χ2v) is 4.69. The van der Waals surface area contributed by atoms with Crippen molar-refractivity contribution in [1.82, 2.24) is 0 Å². The molecule has 0 aliphatic heterocycles. The molecule has 1 N–H and O–H groups in total. The number of rotatable bonds is 5. The fourth-order valence-electron chi connectivity index (χ4n) is 1.58. The molecule has 0 heterocycles. The SMILES string of the molecule is C=CC(=O)Nc1cc(N(CC)CC)ccc1I. The molecule has 0 atom stereocenters. The standard InChI is InChI=1S/C13H17IN2O/c1-4-13(17)15-12-9-10(7-8-11(12)14)16(5-2)6-3/h4,7-9H,1,5-6H2,2-3H3,(H,15,17). The number of hydrogen-bond acceptors (Lipinski definition) is 2. The zero-order valence-electron chi connectivity index (χ0n) is 10.2. The summed E-state index contributed by atoms with van der Waals surface area (Å²) in [6.45, 7) is 9.58. The lowest BCUT2D eigenvalue weighted by Crippen LogP contribution is -2.22. The van der Waals surface area contributed by atoms with Crippen molar-refractivity contribution in [3.8, 4) is 0 Å². The Labute approximate surface area is 116 Å². The number of hydrogen-bond donors (Lipinski definition) is 1. The summed E-state index contributed by atoms with van der Waals surface area (Å²) >= 11 is 2.21. The van der Waals surface area contributed by atoms with Gasteiger partial charge in [0.05, 0.1) is 5.69 Å². The number of amides is 1. The molecule has 0 saturated heterocycles. The van der Waals surface area contributed by atoms with Gasteiger partial charge in [0, 0.05) is 22.3 Å². The highest BCUT2D eigenvalue weighted by Crippen LogP contribution is 2.25. The number of halogens is 1. The van der Waals surface area contributed by atoms with Crippen molar-refractivity contribution in [2.75, 3.05) is 23.3 Å². The van der Waals surface area contributed by atoms with Crippen LogP contribution in [0.5, 0.6) is 0 Å². The average Bonchev–Trinajstić information content (AvgIpc) is 2.34. The molecule has 1 amide bonds. The highest BCUT2D eigenvalue weighted by atomic mass is 127. The van der Waals surface area contributed by atoms with Crippen LogP contribution in [0, 0.1) is 3.57 Å². The third kappa shape index (κ3) is 3.73. The van der Waals surface area contributed by atoms with Gasteiger partial charge in [0.15, 0.2) is 0 Å². The van der Waals surface area contributed by atoms with E-state index in [1.54, 1.807) is 0 Å². The van der Waals surface area contributed by atoms with Gasteiger partial charge < -0.3 is 10.2 Å². The number of nitrogens with one attached hydrogen (secondary N) is 1. The molecular weight excluding hydrogens is 327 g/mol. The van der Waals surface area contributed by atoms with Crippen LogP contribution in [0.4, 0.5) is 11.4 Å². The maximum absolute atomic E-state index is 11.3. The van der Waals surface area contributed by atoms with E-state index >= 15 is 0 Å². The van der Waals surface area contributed by atoms with Crippen molar-refractivity contribution in [1.29, 1.82) is 0 Å². The minimum Gasteiger partial charge on any atom is -0.372 e. The van der Waals surface area contributed by atoms with E-state index in [4.69, 9.17) is 0 Å². The number of carbonyl (C=O) groups is 1. The zero-order chi connectivity index (χ0) is 12.8. The number of anilines is 2. The highest BCUT2D eigenvalue weighted by Gasteiger charge is 2.07. The quantitative estimate of drug-likeness (QED) is 0.657. The highest BCUT2D eigenvalue weighted by molar-refractivity contribution is 14.1. The monoisotopic (exact) mass is 344 g/mol. The summed E-state index contributed by atoms with van der Waals surface area (Å²) in [6.07, 6.45) is 1.28. The molecule has 3 nitrogen and oxygen atoms in total. The van der Waals surface area contributed by atoms with Gasteiger partial charge in [0.1, 0.15) is 0 Å². The minimum absolute atomic E-state index is 0.181. The van der Waals surface area contributed by atoms with Crippen molar-refractivity contribution in [3.63, 3.8) is 0 Å². The first-order valence-electron chi connectivity index (χ1n) is 5.60. The van der Waals surface area contributed by atoms with E-state index in [0.717, 1.165) is 28.0 Å². The van der Waals surface area contributed by atoms with E-state index < -0.39 is 0 Å². The van der Waals surface area contributed by atoms with Crippen LogP contribution in [-0.2, 0) is 4.79 Å². The molecule has 0 aliphatic rings. The van der Waals surface area contributed by atoms with E-state index in [2.05, 4.69) is 59.3 Å². The summed E-state index contributed by atoms with van der Waals surface area (Å²) in [4.78, 5) is 13.5. The third-order valence-corrected chi connectivity index (χ3v) is 3.46. The lowest BCUT2D eigenvalue weighted by atomic mass is 10.2. The van der Waals surface area contributed by atoms with Gasteiger partial charge in [0.2, 0.25) is 5.91 Å². The van der Waals surface area contributed by atoms with Gasteiger partial charge in [-0.3, -0.25) is 4.79 Å². The van der Waals surface area contributed by atoms with Crippen LogP contribution < -0.4 is 10.2 Å². The molecule has 1 rings (SSSR count). The van der Waals surface area contributed by atoms with Crippen molar-refractivity contribution >= 4 is 39.9 Å². The summed E-state index contributed by atoms with van der Waals surface area (Å²) in [7, 11) is 0. The summed E-state index contributed by atoms with van der Waals surface area (Å²) in [5, 5.41) is 2.81. The predicted octanol–water partition coefficient (Wildman–Crippen LogP) is 3.26. The lowest BCUT2D eigenvalue weighted by molar-refractivity contribution is -0.111. The maximum atomic E-state index is 11.3. The van der Waals surface area contributed by atoms with Gasteiger partial charge in [-0.1, -0.05) is 6.58 Å². The average molecular weight is 344 g/mol. The first-order valence-corrected chi connectivity index (χ1v) is 6.68. The van der Waals surface area contributed by atoms with Crippen LogP contribution in [0.25, 0.3) is 0 Å². The normalized spacial score (nSPS) is 9.82. The fraction of sp³-hybridized carbons (Fsp3) is 0.308. The van der Waals surface area contributed by atoms with Crippen LogP contribution in [-0.4, -0.2) is 19.0 Å². The zero-order valence-corrected chi connectivity index (χ0v) is 12.3. The predicted molar refractivity (Wildman–Crippen MR) is 81.5 cm³/mol. The summed E-state index contributed by atoms with van der Waals surface area (Å²) in [5.41, 5.74) is 1.95. The molecule has 0 bridgehead atoms. The van der Waals surface area contributed by atoms with Crippen molar-refractivity contribution < 1.29 is 4.79 Å². The molecule has 0 aliphatic carbocycles. The van der Waals surface area contributed by atoms with Crippen molar-refractivity contribution in [2.45, 2.75) is 13.8 Å². The molecule has 17 heavy (non-hydrogen) atoms. The smallest absolute Gasteiger partial charge is 0.247 e. The van der Waals surface area contributed by atoms with E-state index in [-0.39, 0.29) is 5.91 Å². The Morgan fingerprint density at radius 2 is 2.12 bits per heavy atom. The first kappa shape index (κ1) is 14.0. The molecule has 0 radical (unpaired) electrons. The Kier molecular flexibility index (Phi) is 5.47. The van der Waals surface area contributed by atoms with Crippen LogP contribution in [0.3, 0.4) is 0 Å². The number of nitrogens with zero attached hydrogens (tertiary/aromatic N) is 1. The molecule has 0 spiro atoms. The summed E-state index contributed by atoms with van der Waals surface area (Å²) < 4.78 is 1.02. The second kappa shape index (κ2) is 6.64. The molecule has 0 unspecified atom stereocenters. The number of benzene rings is 1. The Hall–Kier alpha value is -1.04. The van der Waals surface area contributed by atoms with Gasteiger partial charge in [-0.05, 0) is 60.7 Å². The van der Waals surface area contributed by atoms with Crippen LogP contribution in [0.2, 0.25) is 0 Å². The second-order valence-electron chi connectivity index (χ2n) is 3.53. The molecular formula is C13H17IN2O. The van der Waals surface area contributed by atoms with Gasteiger partial charge in [-0.15, -0.1) is 0 Å². The van der Waals surface area contributed by atoms with Gasteiger partial charge >= 0.3 is 0 Å². The Balaban J connectivity index is 3.01.